The number of nitrogens with zero attached hydrogens (tertiary/aromatic N) is 1. The molecule has 1 aromatic heterocycles. The van der Waals surface area contributed by atoms with Crippen molar-refractivity contribution in [2.24, 2.45) is 0 Å². The average molecular weight is 356 g/mol. The number of benzene rings is 1. The van der Waals surface area contributed by atoms with Gasteiger partial charge in [-0.2, -0.15) is 4.31 Å². The number of rotatable bonds is 7. The number of hydrogen-bond acceptors (Lipinski definition) is 4. The normalized spacial score (nSPS) is 11.6. The van der Waals surface area contributed by atoms with E-state index in [1.54, 1.807) is 11.3 Å². The number of thiophene rings is 1. The fourth-order valence-electron chi connectivity index (χ4n) is 1.91. The van der Waals surface area contributed by atoms with E-state index in [4.69, 9.17) is 0 Å². The van der Waals surface area contributed by atoms with E-state index < -0.39 is 15.8 Å². The first kappa shape index (κ1) is 17.6. The molecule has 1 aromatic carbocycles. The van der Waals surface area contributed by atoms with Crippen LogP contribution in [0.1, 0.15) is 4.88 Å². The van der Waals surface area contributed by atoms with Crippen LogP contribution in [0.15, 0.2) is 46.7 Å². The third-order valence-electron chi connectivity index (χ3n) is 3.16. The number of hydrogen-bond donors (Lipinski definition) is 1. The maximum Gasteiger partial charge on any atom is 0.243 e. The van der Waals surface area contributed by atoms with Crippen LogP contribution in [0, 0.1) is 5.82 Å². The molecular weight excluding hydrogens is 339 g/mol. The molecule has 2 aromatic rings. The SMILES string of the molecule is CN(CC(=O)NCCc1cccs1)S(=O)(=O)c1ccc(F)cc1. The Labute approximate surface area is 138 Å². The summed E-state index contributed by atoms with van der Waals surface area (Å²) in [6, 6.07) is 8.40. The lowest BCUT2D eigenvalue weighted by molar-refractivity contribution is -0.121. The van der Waals surface area contributed by atoms with E-state index in [1.807, 2.05) is 17.5 Å². The fourth-order valence-corrected chi connectivity index (χ4v) is 3.75. The van der Waals surface area contributed by atoms with E-state index >= 15 is 0 Å². The molecule has 23 heavy (non-hydrogen) atoms. The van der Waals surface area contributed by atoms with Crippen molar-refractivity contribution in [2.45, 2.75) is 11.3 Å². The van der Waals surface area contributed by atoms with Crippen LogP contribution in [-0.2, 0) is 21.2 Å². The van der Waals surface area contributed by atoms with Gasteiger partial charge in [-0.05, 0) is 42.1 Å². The zero-order chi connectivity index (χ0) is 16.9. The third-order valence-corrected chi connectivity index (χ3v) is 5.92. The van der Waals surface area contributed by atoms with Gasteiger partial charge in [0.05, 0.1) is 11.4 Å². The first-order valence-electron chi connectivity index (χ1n) is 6.90. The topological polar surface area (TPSA) is 66.5 Å². The van der Waals surface area contributed by atoms with Crippen molar-refractivity contribution in [3.8, 4) is 0 Å². The van der Waals surface area contributed by atoms with Crippen LogP contribution < -0.4 is 5.32 Å². The Morgan fingerprint density at radius 3 is 2.57 bits per heavy atom. The van der Waals surface area contributed by atoms with Crippen molar-refractivity contribution in [3.05, 3.63) is 52.5 Å². The van der Waals surface area contributed by atoms with Crippen LogP contribution in [0.4, 0.5) is 4.39 Å². The van der Waals surface area contributed by atoms with E-state index in [2.05, 4.69) is 5.32 Å². The molecule has 0 atom stereocenters. The predicted octanol–water partition coefficient (Wildman–Crippen LogP) is 1.87. The van der Waals surface area contributed by atoms with Gasteiger partial charge in [0.1, 0.15) is 5.82 Å². The summed E-state index contributed by atoms with van der Waals surface area (Å²) >= 11 is 1.60. The van der Waals surface area contributed by atoms with Crippen molar-refractivity contribution in [1.29, 1.82) is 0 Å². The van der Waals surface area contributed by atoms with Crippen molar-refractivity contribution in [3.63, 3.8) is 0 Å². The molecule has 0 saturated heterocycles. The minimum absolute atomic E-state index is 0.0483. The van der Waals surface area contributed by atoms with Gasteiger partial charge in [-0.15, -0.1) is 11.3 Å². The minimum Gasteiger partial charge on any atom is -0.355 e. The van der Waals surface area contributed by atoms with Crippen LogP contribution in [0.3, 0.4) is 0 Å². The van der Waals surface area contributed by atoms with Gasteiger partial charge < -0.3 is 5.32 Å². The zero-order valence-corrected chi connectivity index (χ0v) is 14.2. The van der Waals surface area contributed by atoms with Crippen LogP contribution in [0.5, 0.6) is 0 Å². The molecule has 0 aliphatic carbocycles. The molecule has 0 radical (unpaired) electrons. The van der Waals surface area contributed by atoms with Crippen LogP contribution in [0.2, 0.25) is 0 Å². The summed E-state index contributed by atoms with van der Waals surface area (Å²) in [6.45, 7) is 0.161. The van der Waals surface area contributed by atoms with Gasteiger partial charge in [-0.1, -0.05) is 6.07 Å². The number of carbonyl (C=O) groups excluding carboxylic acids is 1. The standard InChI is InChI=1S/C15H17FN2O3S2/c1-18(23(20,21)14-6-4-12(16)5-7-14)11-15(19)17-9-8-13-3-2-10-22-13/h2-7,10H,8-9,11H2,1H3,(H,17,19). The summed E-state index contributed by atoms with van der Waals surface area (Å²) in [5.74, 6) is -0.896. The van der Waals surface area contributed by atoms with E-state index in [1.165, 1.54) is 19.2 Å². The van der Waals surface area contributed by atoms with Gasteiger partial charge in [-0.3, -0.25) is 4.79 Å². The maximum atomic E-state index is 12.9. The second-order valence-electron chi connectivity index (χ2n) is 4.89. The van der Waals surface area contributed by atoms with E-state index in [-0.39, 0.29) is 17.3 Å². The van der Waals surface area contributed by atoms with Crippen molar-refractivity contribution in [2.75, 3.05) is 20.1 Å². The number of carbonyl (C=O) groups is 1. The molecule has 0 aliphatic heterocycles. The monoisotopic (exact) mass is 356 g/mol. The van der Waals surface area contributed by atoms with Gasteiger partial charge in [0.25, 0.3) is 0 Å². The molecule has 8 heteroatoms. The molecule has 5 nitrogen and oxygen atoms in total. The summed E-state index contributed by atoms with van der Waals surface area (Å²) in [5.41, 5.74) is 0. The molecule has 1 heterocycles. The smallest absolute Gasteiger partial charge is 0.243 e. The first-order chi connectivity index (χ1) is 10.9. The molecule has 0 spiro atoms. The van der Waals surface area contributed by atoms with Crippen LogP contribution in [-0.4, -0.2) is 38.8 Å². The second kappa shape index (κ2) is 7.67. The number of halogens is 1. The molecule has 0 unspecified atom stereocenters. The lowest BCUT2D eigenvalue weighted by atomic mass is 10.3. The molecular formula is C15H17FN2O3S2. The van der Waals surface area contributed by atoms with Gasteiger partial charge in [0, 0.05) is 18.5 Å². The molecule has 0 aliphatic rings. The summed E-state index contributed by atoms with van der Waals surface area (Å²) in [5, 5.41) is 4.64. The minimum atomic E-state index is -3.81. The molecule has 124 valence electrons. The summed E-state index contributed by atoms with van der Waals surface area (Å²) in [7, 11) is -2.49. The molecule has 2 rings (SSSR count). The summed E-state index contributed by atoms with van der Waals surface area (Å²) in [4.78, 5) is 12.9. The highest BCUT2D eigenvalue weighted by Gasteiger charge is 2.22. The zero-order valence-electron chi connectivity index (χ0n) is 12.5. The summed E-state index contributed by atoms with van der Waals surface area (Å²) < 4.78 is 38.3. The van der Waals surface area contributed by atoms with Crippen LogP contribution in [0.25, 0.3) is 0 Å². The van der Waals surface area contributed by atoms with Crippen molar-refractivity contribution < 1.29 is 17.6 Å². The van der Waals surface area contributed by atoms with Crippen molar-refractivity contribution >= 4 is 27.3 Å². The Hall–Kier alpha value is -1.77. The highest BCUT2D eigenvalue weighted by molar-refractivity contribution is 7.89. The highest BCUT2D eigenvalue weighted by Crippen LogP contribution is 2.14. The van der Waals surface area contributed by atoms with E-state index in [0.717, 1.165) is 21.3 Å². The third kappa shape index (κ3) is 4.85. The summed E-state index contributed by atoms with van der Waals surface area (Å²) in [6.07, 6.45) is 0.706. The largest absolute Gasteiger partial charge is 0.355 e. The first-order valence-corrected chi connectivity index (χ1v) is 9.22. The van der Waals surface area contributed by atoms with Crippen molar-refractivity contribution in [1.82, 2.24) is 9.62 Å². The molecule has 1 N–H and O–H groups in total. The predicted molar refractivity (Wildman–Crippen MR) is 87.2 cm³/mol. The van der Waals surface area contributed by atoms with Gasteiger partial charge >= 0.3 is 0 Å². The highest BCUT2D eigenvalue weighted by atomic mass is 32.2. The number of amides is 1. The Bertz CT molecular complexity index is 744. The number of likely N-dealkylation sites (N-methyl/N-ethyl adjacent to an activating group) is 1. The second-order valence-corrected chi connectivity index (χ2v) is 7.97. The maximum absolute atomic E-state index is 12.9. The Balaban J connectivity index is 1.88. The molecule has 1 amide bonds. The molecule has 0 fully saturated rings. The Kier molecular flexibility index (Phi) is 5.86. The average Bonchev–Trinajstić information content (AvgIpc) is 3.01. The lowest BCUT2D eigenvalue weighted by Crippen LogP contribution is -2.38. The molecule has 0 saturated carbocycles. The number of sulfonamides is 1. The number of nitrogens with one attached hydrogen (secondary N) is 1. The Morgan fingerprint density at radius 1 is 1.26 bits per heavy atom. The van der Waals surface area contributed by atoms with Gasteiger partial charge in [-0.25, -0.2) is 12.8 Å². The quantitative estimate of drug-likeness (QED) is 0.824. The van der Waals surface area contributed by atoms with E-state index in [9.17, 15) is 17.6 Å². The fraction of sp³-hybridized carbons (Fsp3) is 0.267. The van der Waals surface area contributed by atoms with Gasteiger partial charge in [0.2, 0.25) is 15.9 Å². The van der Waals surface area contributed by atoms with E-state index in [0.29, 0.717) is 13.0 Å². The van der Waals surface area contributed by atoms with Crippen LogP contribution >= 0.6 is 11.3 Å². The Morgan fingerprint density at radius 2 is 1.96 bits per heavy atom. The lowest BCUT2D eigenvalue weighted by Gasteiger charge is -2.16. The molecule has 0 bridgehead atoms. The van der Waals surface area contributed by atoms with Gasteiger partial charge in [0.15, 0.2) is 0 Å².